The molecule has 0 saturated carbocycles. The fraction of sp³-hybridized carbons (Fsp3) is 0.235. The van der Waals surface area contributed by atoms with Gasteiger partial charge in [-0.3, -0.25) is 4.79 Å². The molecule has 0 aromatic heterocycles. The van der Waals surface area contributed by atoms with Crippen molar-refractivity contribution < 1.29 is 19.4 Å². The molecule has 216 valence electrons. The molecule has 2 N–H and O–H groups in total. The zero-order chi connectivity index (χ0) is 29.4. The van der Waals surface area contributed by atoms with Gasteiger partial charge in [0.05, 0.1) is 6.61 Å². The topological polar surface area (TPSA) is 80.2 Å². The van der Waals surface area contributed by atoms with Crippen LogP contribution in [0, 0.1) is 0 Å². The predicted molar refractivity (Wildman–Crippen MR) is 166 cm³/mol. The zero-order valence-electron chi connectivity index (χ0n) is 23.0. The van der Waals surface area contributed by atoms with E-state index in [2.05, 4.69) is 5.32 Å². The quantitative estimate of drug-likeness (QED) is 0.179. The summed E-state index contributed by atoms with van der Waals surface area (Å²) in [6.07, 6.45) is 0.771. The molecule has 1 heterocycles. The summed E-state index contributed by atoms with van der Waals surface area (Å²) in [5.74, 6) is 0.835. The van der Waals surface area contributed by atoms with E-state index in [0.29, 0.717) is 54.1 Å². The standard InChI is InChI=1S/C34H32Cl2N2O4/c35-28-15-12-25(30(36)22-28)18-19-37-33(40)34(23-24-8-3-1-4-9-24)31(26-10-5-2-6-11-26)42-32(38-34)27-13-16-29(17-14-27)41-21-7-20-39/h1-6,8-17,22,31,39H,7,18-21,23H2,(H,37,40)/t31-,34-/m1/s1. The third-order valence-electron chi connectivity index (χ3n) is 7.14. The fourth-order valence-corrected chi connectivity index (χ4v) is 5.51. The maximum Gasteiger partial charge on any atom is 0.252 e. The summed E-state index contributed by atoms with van der Waals surface area (Å²) >= 11 is 12.4. The van der Waals surface area contributed by atoms with Crippen LogP contribution in [0.1, 0.15) is 34.8 Å². The lowest BCUT2D eigenvalue weighted by Gasteiger charge is -2.31. The molecule has 5 rings (SSSR count). The highest BCUT2D eigenvalue weighted by atomic mass is 35.5. The third kappa shape index (κ3) is 6.96. The number of carbonyl (C=O) groups excluding carboxylic acids is 1. The molecule has 1 aliphatic rings. The van der Waals surface area contributed by atoms with E-state index in [-0.39, 0.29) is 12.5 Å². The maximum absolute atomic E-state index is 14.3. The van der Waals surface area contributed by atoms with Crippen molar-refractivity contribution in [1.29, 1.82) is 0 Å². The predicted octanol–water partition coefficient (Wildman–Crippen LogP) is 6.61. The normalized spacial score (nSPS) is 17.8. The highest BCUT2D eigenvalue weighted by Crippen LogP contribution is 2.42. The van der Waals surface area contributed by atoms with Crippen LogP contribution in [-0.2, 0) is 22.4 Å². The number of benzene rings is 4. The number of aliphatic hydroxyl groups excluding tert-OH is 1. The van der Waals surface area contributed by atoms with Crippen LogP contribution in [0.15, 0.2) is 108 Å². The summed E-state index contributed by atoms with van der Waals surface area (Å²) in [6, 6.07) is 32.3. The van der Waals surface area contributed by atoms with Crippen molar-refractivity contribution in [2.45, 2.75) is 30.9 Å². The van der Waals surface area contributed by atoms with Crippen molar-refractivity contribution in [1.82, 2.24) is 5.32 Å². The molecular formula is C34H32Cl2N2O4. The number of nitrogens with one attached hydrogen (secondary N) is 1. The Bertz CT molecular complexity index is 1510. The Kier molecular flexibility index (Phi) is 9.80. The molecule has 4 aromatic rings. The second-order valence-electron chi connectivity index (χ2n) is 10.1. The van der Waals surface area contributed by atoms with Crippen molar-refractivity contribution in [3.63, 3.8) is 0 Å². The average molecular weight is 604 g/mol. The van der Waals surface area contributed by atoms with E-state index in [4.69, 9.17) is 42.8 Å². The maximum atomic E-state index is 14.3. The highest BCUT2D eigenvalue weighted by molar-refractivity contribution is 6.35. The second kappa shape index (κ2) is 13.9. The minimum Gasteiger partial charge on any atom is -0.494 e. The van der Waals surface area contributed by atoms with Gasteiger partial charge in [-0.1, -0.05) is 89.9 Å². The molecule has 8 heteroatoms. The van der Waals surface area contributed by atoms with E-state index in [1.165, 1.54) is 0 Å². The third-order valence-corrected chi connectivity index (χ3v) is 7.73. The van der Waals surface area contributed by atoms with Crippen LogP contribution in [0.5, 0.6) is 5.75 Å². The number of halogens is 2. The van der Waals surface area contributed by atoms with Crippen LogP contribution in [0.3, 0.4) is 0 Å². The van der Waals surface area contributed by atoms with Crippen LogP contribution in [0.2, 0.25) is 10.0 Å². The van der Waals surface area contributed by atoms with Crippen LogP contribution in [0.25, 0.3) is 0 Å². The Labute approximate surface area is 255 Å². The van der Waals surface area contributed by atoms with Gasteiger partial charge in [0.15, 0.2) is 11.6 Å². The van der Waals surface area contributed by atoms with Gasteiger partial charge in [0.1, 0.15) is 5.75 Å². The Morgan fingerprint density at radius 2 is 1.67 bits per heavy atom. The van der Waals surface area contributed by atoms with Crippen molar-refractivity contribution in [3.8, 4) is 5.75 Å². The molecule has 0 radical (unpaired) electrons. The summed E-state index contributed by atoms with van der Waals surface area (Å²) < 4.78 is 12.2. The number of aliphatic imine (C=N–C) groups is 1. The van der Waals surface area contributed by atoms with Gasteiger partial charge in [-0.25, -0.2) is 4.99 Å². The molecule has 0 spiro atoms. The number of ether oxygens (including phenoxy) is 2. The van der Waals surface area contributed by atoms with E-state index >= 15 is 0 Å². The monoisotopic (exact) mass is 602 g/mol. The number of carbonyl (C=O) groups is 1. The number of amides is 1. The molecular weight excluding hydrogens is 571 g/mol. The van der Waals surface area contributed by atoms with E-state index in [1.54, 1.807) is 12.1 Å². The lowest BCUT2D eigenvalue weighted by Crippen LogP contribution is -2.50. The molecule has 6 nitrogen and oxygen atoms in total. The van der Waals surface area contributed by atoms with Crippen LogP contribution >= 0.6 is 23.2 Å². The van der Waals surface area contributed by atoms with Gasteiger partial charge in [0.2, 0.25) is 5.90 Å². The lowest BCUT2D eigenvalue weighted by atomic mass is 9.82. The van der Waals surface area contributed by atoms with Crippen LogP contribution in [0.4, 0.5) is 0 Å². The van der Waals surface area contributed by atoms with Gasteiger partial charge in [-0.15, -0.1) is 0 Å². The van der Waals surface area contributed by atoms with Crippen LogP contribution in [-0.4, -0.2) is 42.2 Å². The Hall–Kier alpha value is -3.84. The number of aliphatic hydroxyl groups is 1. The van der Waals surface area contributed by atoms with Gasteiger partial charge in [-0.05, 0) is 59.5 Å². The SMILES string of the molecule is O=C(NCCc1ccc(Cl)cc1Cl)[C@]1(Cc2ccccc2)N=C(c2ccc(OCCCO)cc2)O[C@@H]1c1ccccc1. The van der Waals surface area contributed by atoms with Crippen molar-refractivity contribution in [2.75, 3.05) is 19.8 Å². The molecule has 4 aromatic carbocycles. The van der Waals surface area contributed by atoms with Crippen molar-refractivity contribution in [2.24, 2.45) is 4.99 Å². The summed E-state index contributed by atoms with van der Waals surface area (Å²) in [7, 11) is 0. The molecule has 2 atom stereocenters. The second-order valence-corrected chi connectivity index (χ2v) is 10.9. The first-order valence-electron chi connectivity index (χ1n) is 13.9. The molecule has 0 unspecified atom stereocenters. The van der Waals surface area contributed by atoms with Crippen molar-refractivity contribution >= 4 is 35.0 Å². The lowest BCUT2D eigenvalue weighted by molar-refractivity contribution is -0.128. The highest BCUT2D eigenvalue weighted by Gasteiger charge is 2.53. The smallest absolute Gasteiger partial charge is 0.252 e. The number of hydrogen-bond acceptors (Lipinski definition) is 5. The summed E-state index contributed by atoms with van der Waals surface area (Å²) in [4.78, 5) is 19.3. The first-order chi connectivity index (χ1) is 20.5. The summed E-state index contributed by atoms with van der Waals surface area (Å²) in [5.41, 5.74) is 2.19. The van der Waals surface area contributed by atoms with Crippen molar-refractivity contribution in [3.05, 3.63) is 135 Å². The molecule has 42 heavy (non-hydrogen) atoms. The largest absolute Gasteiger partial charge is 0.494 e. The van der Waals surface area contributed by atoms with Gasteiger partial charge < -0.3 is 19.9 Å². The molecule has 0 saturated heterocycles. The summed E-state index contributed by atoms with van der Waals surface area (Å²) in [5, 5.41) is 13.3. The van der Waals surface area contributed by atoms with E-state index in [9.17, 15) is 4.79 Å². The van der Waals surface area contributed by atoms with Crippen LogP contribution < -0.4 is 10.1 Å². The minimum atomic E-state index is -1.27. The fourth-order valence-electron chi connectivity index (χ4n) is 5.01. The number of nitrogens with zero attached hydrogens (tertiary/aromatic N) is 1. The average Bonchev–Trinajstić information content (AvgIpc) is 3.40. The van der Waals surface area contributed by atoms with E-state index < -0.39 is 11.6 Å². The summed E-state index contributed by atoms with van der Waals surface area (Å²) in [6.45, 7) is 0.857. The van der Waals surface area contributed by atoms with E-state index in [1.807, 2.05) is 91.0 Å². The number of hydrogen-bond donors (Lipinski definition) is 2. The first kappa shape index (κ1) is 29.6. The first-order valence-corrected chi connectivity index (χ1v) is 14.7. The number of rotatable bonds is 12. The van der Waals surface area contributed by atoms with Gasteiger partial charge >= 0.3 is 0 Å². The van der Waals surface area contributed by atoms with E-state index in [0.717, 1.165) is 22.3 Å². The zero-order valence-corrected chi connectivity index (χ0v) is 24.5. The van der Waals surface area contributed by atoms with Gasteiger partial charge in [-0.2, -0.15) is 0 Å². The Morgan fingerprint density at radius 1 is 0.952 bits per heavy atom. The molecule has 0 fully saturated rings. The molecule has 1 aliphatic heterocycles. The molecule has 1 amide bonds. The van der Waals surface area contributed by atoms with Gasteiger partial charge in [0.25, 0.3) is 5.91 Å². The Balaban J connectivity index is 1.48. The Morgan fingerprint density at radius 3 is 2.36 bits per heavy atom. The molecule has 0 aliphatic carbocycles. The minimum absolute atomic E-state index is 0.0713. The van der Waals surface area contributed by atoms with Gasteiger partial charge in [0, 0.05) is 41.6 Å². The molecule has 0 bridgehead atoms.